The van der Waals surface area contributed by atoms with Crippen LogP contribution in [0.2, 0.25) is 0 Å². The van der Waals surface area contributed by atoms with Crippen LogP contribution < -0.4 is 15.1 Å². The molecule has 1 aliphatic rings. The highest BCUT2D eigenvalue weighted by Crippen LogP contribution is 2.23. The van der Waals surface area contributed by atoms with Gasteiger partial charge in [0.25, 0.3) is 5.91 Å². The number of fused-ring (bicyclic) bond motifs is 1. The summed E-state index contributed by atoms with van der Waals surface area (Å²) in [7, 11) is 0. The summed E-state index contributed by atoms with van der Waals surface area (Å²) in [6.07, 6.45) is 0. The second-order valence-electron chi connectivity index (χ2n) is 7.79. The number of hydrogen-bond acceptors (Lipinski definition) is 2. The summed E-state index contributed by atoms with van der Waals surface area (Å²) in [5.41, 5.74) is 1.19. The van der Waals surface area contributed by atoms with Gasteiger partial charge in [-0.25, -0.2) is 0 Å². The molecule has 5 heteroatoms. The third-order valence-electron chi connectivity index (χ3n) is 5.75. The van der Waals surface area contributed by atoms with Crippen molar-refractivity contribution < 1.29 is 14.6 Å². The first kappa shape index (κ1) is 19.1. The molecule has 2 heterocycles. The Morgan fingerprint density at radius 1 is 1.00 bits per heavy atom. The lowest BCUT2D eigenvalue weighted by Gasteiger charge is -2.29. The first-order valence-electron chi connectivity index (χ1n) is 10.2. The summed E-state index contributed by atoms with van der Waals surface area (Å²) in [5.74, 6) is 0.150. The van der Waals surface area contributed by atoms with Crippen LogP contribution in [0.3, 0.4) is 0 Å². The second-order valence-corrected chi connectivity index (χ2v) is 8.82. The zero-order chi connectivity index (χ0) is 19.3. The fourth-order valence-corrected chi connectivity index (χ4v) is 4.97. The van der Waals surface area contributed by atoms with Crippen LogP contribution in [0.25, 0.3) is 10.8 Å². The van der Waals surface area contributed by atoms with E-state index in [0.717, 1.165) is 32.7 Å². The van der Waals surface area contributed by atoms with E-state index < -0.39 is 0 Å². The minimum atomic E-state index is 0.0174. The van der Waals surface area contributed by atoms with Gasteiger partial charge in [-0.1, -0.05) is 48.5 Å². The van der Waals surface area contributed by atoms with Gasteiger partial charge in [-0.2, -0.15) is 0 Å². The van der Waals surface area contributed by atoms with Gasteiger partial charge in [-0.05, 0) is 34.7 Å². The fraction of sp³-hybridized carbons (Fsp3) is 0.348. The van der Waals surface area contributed by atoms with E-state index in [1.807, 2.05) is 11.3 Å². The van der Waals surface area contributed by atoms with Crippen LogP contribution in [0.15, 0.2) is 60.0 Å². The van der Waals surface area contributed by atoms with Crippen LogP contribution in [0.4, 0.5) is 0 Å². The van der Waals surface area contributed by atoms with E-state index in [-0.39, 0.29) is 11.9 Å². The number of thiophene rings is 1. The highest BCUT2D eigenvalue weighted by atomic mass is 32.1. The van der Waals surface area contributed by atoms with Gasteiger partial charge in [0, 0.05) is 0 Å². The molecule has 1 aromatic heterocycles. The van der Waals surface area contributed by atoms with E-state index >= 15 is 0 Å². The monoisotopic (exact) mass is 395 g/mol. The van der Waals surface area contributed by atoms with Crippen LogP contribution in [0.5, 0.6) is 0 Å². The highest BCUT2D eigenvalue weighted by Gasteiger charge is 2.25. The zero-order valence-corrected chi connectivity index (χ0v) is 17.2. The number of amides is 1. The lowest BCUT2D eigenvalue weighted by molar-refractivity contribution is -1.01. The quantitative estimate of drug-likeness (QED) is 0.574. The third kappa shape index (κ3) is 4.61. The maximum atomic E-state index is 12.6. The predicted octanol–water partition coefficient (Wildman–Crippen LogP) is 1.06. The number of nitrogens with one attached hydrogen (secondary N) is 3. The van der Waals surface area contributed by atoms with Gasteiger partial charge >= 0.3 is 0 Å². The molecule has 0 bridgehead atoms. The molecule has 1 saturated heterocycles. The highest BCUT2D eigenvalue weighted by molar-refractivity contribution is 7.09. The summed E-state index contributed by atoms with van der Waals surface area (Å²) >= 11 is 1.84. The lowest BCUT2D eigenvalue weighted by Crippen LogP contribution is -3.28. The average Bonchev–Trinajstić information content (AvgIpc) is 3.22. The average molecular weight is 396 g/mol. The first-order chi connectivity index (χ1) is 13.7. The minimum absolute atomic E-state index is 0.0174. The standard InChI is InChI=1S/C23H27N3OS/c1-18(21-10-4-7-19-6-2-3-9-22(19)21)24-23(27)17-26-13-11-25(12-14-26)16-20-8-5-15-28-20/h2-10,15,18H,11-14,16-17H2,1H3,(H,24,27)/p+2/t18-/m1/s1. The van der Waals surface area contributed by atoms with Gasteiger partial charge in [-0.15, -0.1) is 11.3 Å². The molecule has 2 aromatic carbocycles. The molecule has 1 atom stereocenters. The fourth-order valence-electron chi connectivity index (χ4n) is 4.20. The van der Waals surface area contributed by atoms with E-state index in [1.165, 1.54) is 26.1 Å². The Morgan fingerprint density at radius 3 is 2.54 bits per heavy atom. The number of hydrogen-bond donors (Lipinski definition) is 3. The Hall–Kier alpha value is -2.21. The number of carbonyl (C=O) groups excluding carboxylic acids is 1. The molecule has 28 heavy (non-hydrogen) atoms. The van der Waals surface area contributed by atoms with Crippen LogP contribution in [-0.4, -0.2) is 38.6 Å². The number of rotatable bonds is 6. The molecule has 1 aliphatic heterocycles. The summed E-state index contributed by atoms with van der Waals surface area (Å²) in [6.45, 7) is 8.18. The minimum Gasteiger partial charge on any atom is -0.345 e. The number of piperazine rings is 1. The lowest BCUT2D eigenvalue weighted by atomic mass is 10.00. The maximum Gasteiger partial charge on any atom is 0.275 e. The Morgan fingerprint density at radius 2 is 1.75 bits per heavy atom. The molecule has 0 saturated carbocycles. The smallest absolute Gasteiger partial charge is 0.275 e. The molecule has 3 aromatic rings. The van der Waals surface area contributed by atoms with Crippen molar-refractivity contribution >= 4 is 28.0 Å². The van der Waals surface area contributed by atoms with E-state index in [4.69, 9.17) is 0 Å². The maximum absolute atomic E-state index is 12.6. The Bertz CT molecular complexity index is 911. The van der Waals surface area contributed by atoms with E-state index in [9.17, 15) is 4.79 Å². The summed E-state index contributed by atoms with van der Waals surface area (Å²) in [4.78, 5) is 17.1. The van der Waals surface area contributed by atoms with Crippen LogP contribution in [0, 0.1) is 0 Å². The molecule has 3 N–H and O–H groups in total. The largest absolute Gasteiger partial charge is 0.345 e. The molecule has 0 spiro atoms. The molecule has 0 radical (unpaired) electrons. The van der Waals surface area contributed by atoms with Crippen molar-refractivity contribution in [2.75, 3.05) is 32.7 Å². The summed E-state index contributed by atoms with van der Waals surface area (Å²) < 4.78 is 0. The van der Waals surface area contributed by atoms with Gasteiger partial charge in [-0.3, -0.25) is 4.79 Å². The van der Waals surface area contributed by atoms with E-state index in [1.54, 1.807) is 4.90 Å². The van der Waals surface area contributed by atoms with Crippen LogP contribution in [0.1, 0.15) is 23.4 Å². The molecule has 1 amide bonds. The third-order valence-corrected chi connectivity index (χ3v) is 6.62. The topological polar surface area (TPSA) is 38.0 Å². The van der Waals surface area contributed by atoms with Crippen molar-refractivity contribution in [2.45, 2.75) is 19.5 Å². The molecular formula is C23H29N3OS+2. The van der Waals surface area contributed by atoms with Gasteiger partial charge in [0.15, 0.2) is 6.54 Å². The SMILES string of the molecule is C[C@@H](NC(=O)C[NH+]1CC[NH+](Cc2cccs2)CC1)c1cccc2ccccc12. The number of quaternary nitrogens is 2. The number of benzene rings is 2. The summed E-state index contributed by atoms with van der Waals surface area (Å²) in [5, 5.41) is 7.81. The zero-order valence-electron chi connectivity index (χ0n) is 16.4. The molecule has 4 nitrogen and oxygen atoms in total. The second kappa shape index (κ2) is 8.86. The predicted molar refractivity (Wildman–Crippen MR) is 115 cm³/mol. The van der Waals surface area contributed by atoms with Crippen molar-refractivity contribution in [3.63, 3.8) is 0 Å². The van der Waals surface area contributed by atoms with Crippen molar-refractivity contribution in [1.29, 1.82) is 0 Å². The van der Waals surface area contributed by atoms with Gasteiger partial charge in [0.1, 0.15) is 32.7 Å². The summed E-state index contributed by atoms with van der Waals surface area (Å²) in [6, 6.07) is 19.0. The van der Waals surface area contributed by atoms with Gasteiger partial charge in [0.2, 0.25) is 0 Å². The first-order valence-corrected chi connectivity index (χ1v) is 11.0. The Labute approximate surface area is 170 Å². The van der Waals surface area contributed by atoms with E-state index in [2.05, 4.69) is 72.2 Å². The van der Waals surface area contributed by atoms with Crippen molar-refractivity contribution in [3.05, 3.63) is 70.4 Å². The molecule has 1 fully saturated rings. The molecular weight excluding hydrogens is 366 g/mol. The van der Waals surface area contributed by atoms with Crippen molar-refractivity contribution in [2.24, 2.45) is 0 Å². The van der Waals surface area contributed by atoms with Crippen LogP contribution in [-0.2, 0) is 11.3 Å². The molecule has 0 unspecified atom stereocenters. The van der Waals surface area contributed by atoms with Crippen LogP contribution >= 0.6 is 11.3 Å². The van der Waals surface area contributed by atoms with Crippen molar-refractivity contribution in [3.8, 4) is 0 Å². The van der Waals surface area contributed by atoms with Crippen molar-refractivity contribution in [1.82, 2.24) is 5.32 Å². The normalized spacial score (nSPS) is 20.8. The molecule has 4 rings (SSSR count). The Kier molecular flexibility index (Phi) is 6.05. The van der Waals surface area contributed by atoms with E-state index in [0.29, 0.717) is 6.54 Å². The Balaban J connectivity index is 1.28. The van der Waals surface area contributed by atoms with Gasteiger partial charge < -0.3 is 15.1 Å². The number of carbonyl (C=O) groups is 1. The molecule has 146 valence electrons. The van der Waals surface area contributed by atoms with Gasteiger partial charge in [0.05, 0.1) is 10.9 Å². The molecule has 0 aliphatic carbocycles.